The van der Waals surface area contributed by atoms with E-state index in [2.05, 4.69) is 15.0 Å². The Balaban J connectivity index is 1.36. The van der Waals surface area contributed by atoms with E-state index < -0.39 is 0 Å². The van der Waals surface area contributed by atoms with E-state index in [9.17, 15) is 9.18 Å². The number of halogens is 1. The van der Waals surface area contributed by atoms with Crippen LogP contribution >= 0.6 is 0 Å². The minimum absolute atomic E-state index is 0.133. The number of carbonyl (C=O) groups is 1. The maximum absolute atomic E-state index is 14.8. The fraction of sp³-hybridized carbons (Fsp3) is 0.522. The minimum Gasteiger partial charge on any atom is -0.383 e. The third-order valence-electron chi connectivity index (χ3n) is 6.12. The van der Waals surface area contributed by atoms with E-state index in [0.29, 0.717) is 50.6 Å². The highest BCUT2D eigenvalue weighted by Gasteiger charge is 2.26. The number of hydrogen-bond acceptors (Lipinski definition) is 6. The number of carbonyl (C=O) groups excluding carboxylic acids is 1. The van der Waals surface area contributed by atoms with Gasteiger partial charge in [0.05, 0.1) is 31.4 Å². The molecule has 32 heavy (non-hydrogen) atoms. The highest BCUT2D eigenvalue weighted by atomic mass is 19.1. The molecule has 1 amide bonds. The second-order valence-corrected chi connectivity index (χ2v) is 8.22. The molecule has 1 fully saturated rings. The molecule has 0 aliphatic carbocycles. The van der Waals surface area contributed by atoms with Crippen molar-refractivity contribution in [3.8, 4) is 11.4 Å². The lowest BCUT2D eigenvalue weighted by Gasteiger charge is -2.28. The van der Waals surface area contributed by atoms with Crippen LogP contribution in [0.4, 0.5) is 4.39 Å². The van der Waals surface area contributed by atoms with Crippen LogP contribution in [-0.4, -0.2) is 90.1 Å². The van der Waals surface area contributed by atoms with Gasteiger partial charge in [0.2, 0.25) is 5.91 Å². The first kappa shape index (κ1) is 22.6. The first-order chi connectivity index (χ1) is 15.6. The van der Waals surface area contributed by atoms with Crippen molar-refractivity contribution in [2.75, 3.05) is 53.6 Å². The molecule has 0 unspecified atom stereocenters. The second kappa shape index (κ2) is 10.3. The predicted octanol–water partition coefficient (Wildman–Crippen LogP) is 2.07. The Bertz CT molecular complexity index is 976. The van der Waals surface area contributed by atoms with Crippen LogP contribution in [0.3, 0.4) is 0 Å². The van der Waals surface area contributed by atoms with Crippen LogP contribution in [0.5, 0.6) is 0 Å². The molecule has 0 radical (unpaired) electrons. The molecule has 0 spiro atoms. The van der Waals surface area contributed by atoms with Gasteiger partial charge in [0.1, 0.15) is 12.1 Å². The topological polar surface area (TPSA) is 72.7 Å². The summed E-state index contributed by atoms with van der Waals surface area (Å²) in [6.07, 6.45) is 5.50. The summed E-state index contributed by atoms with van der Waals surface area (Å²) >= 11 is 0. The minimum atomic E-state index is -0.354. The average molecular weight is 444 g/mol. The van der Waals surface area contributed by atoms with Gasteiger partial charge >= 0.3 is 0 Å². The van der Waals surface area contributed by atoms with Crippen molar-refractivity contribution < 1.29 is 18.7 Å². The largest absolute Gasteiger partial charge is 0.383 e. The van der Waals surface area contributed by atoms with Crippen molar-refractivity contribution in [1.82, 2.24) is 24.6 Å². The van der Waals surface area contributed by atoms with Crippen molar-refractivity contribution in [1.29, 1.82) is 0 Å². The van der Waals surface area contributed by atoms with Gasteiger partial charge in [-0.1, -0.05) is 12.1 Å². The zero-order valence-electron chi connectivity index (χ0n) is 18.7. The van der Waals surface area contributed by atoms with E-state index >= 15 is 0 Å². The molecule has 0 N–H and O–H groups in total. The van der Waals surface area contributed by atoms with Gasteiger partial charge in [-0.3, -0.25) is 14.4 Å². The molecule has 2 aromatic rings. The van der Waals surface area contributed by atoms with Gasteiger partial charge in [-0.25, -0.2) is 9.37 Å². The van der Waals surface area contributed by atoms with Crippen LogP contribution in [0, 0.1) is 5.82 Å². The molecule has 9 heteroatoms. The lowest BCUT2D eigenvalue weighted by Crippen LogP contribution is -2.41. The molecule has 0 saturated carbocycles. The summed E-state index contributed by atoms with van der Waals surface area (Å²) in [6.45, 7) is 4.40. The number of likely N-dealkylation sites (tertiary alicyclic amines) is 1. The average Bonchev–Trinajstić information content (AvgIpc) is 3.47. The Kier molecular flexibility index (Phi) is 7.29. The quantitative estimate of drug-likeness (QED) is 0.622. The van der Waals surface area contributed by atoms with Gasteiger partial charge in [-0.15, -0.1) is 0 Å². The lowest BCUT2D eigenvalue weighted by molar-refractivity contribution is -0.131. The monoisotopic (exact) mass is 443 g/mol. The molecule has 1 saturated heterocycles. The van der Waals surface area contributed by atoms with Gasteiger partial charge in [0.25, 0.3) is 0 Å². The van der Waals surface area contributed by atoms with Crippen LogP contribution < -0.4 is 0 Å². The fourth-order valence-electron chi connectivity index (χ4n) is 4.19. The molecule has 1 aromatic carbocycles. The third kappa shape index (κ3) is 5.23. The Hall–Kier alpha value is -2.62. The molecule has 1 atom stereocenters. The van der Waals surface area contributed by atoms with Crippen LogP contribution in [-0.2, 0) is 20.8 Å². The summed E-state index contributed by atoms with van der Waals surface area (Å²) in [7, 11) is 3.34. The summed E-state index contributed by atoms with van der Waals surface area (Å²) in [6, 6.07) is 5.15. The molecule has 4 rings (SSSR count). The molecule has 2 aliphatic rings. The molecular formula is C23H30FN5O3. The second-order valence-electron chi connectivity index (χ2n) is 8.22. The number of hydrogen-bond donors (Lipinski definition) is 0. The van der Waals surface area contributed by atoms with Gasteiger partial charge in [0.15, 0.2) is 5.82 Å². The Morgan fingerprint density at radius 2 is 2.16 bits per heavy atom. The number of benzene rings is 1. The molecule has 8 nitrogen and oxygen atoms in total. The van der Waals surface area contributed by atoms with E-state index in [1.807, 2.05) is 17.0 Å². The van der Waals surface area contributed by atoms with Gasteiger partial charge in [-0.05, 0) is 36.1 Å². The highest BCUT2D eigenvalue weighted by molar-refractivity contribution is 5.80. The summed E-state index contributed by atoms with van der Waals surface area (Å²) in [5.41, 5.74) is 2.26. The van der Waals surface area contributed by atoms with Crippen molar-refractivity contribution in [2.24, 2.45) is 0 Å². The molecular weight excluding hydrogens is 413 g/mol. The summed E-state index contributed by atoms with van der Waals surface area (Å²) in [4.78, 5) is 20.9. The summed E-state index contributed by atoms with van der Waals surface area (Å²) in [5.74, 6) is 0.138. The standard InChI is InChI=1S/C23H30FN5O3/c1-31-12-11-29-16-25-23(26-29)20-4-3-18(13-21(20)24)17-5-9-28(10-6-17)22(30)15-27-8-7-19(14-27)32-2/h3-5,13,16,19H,6-12,14-15H2,1-2H3/t19-/m0/s1. The first-order valence-corrected chi connectivity index (χ1v) is 11.0. The van der Waals surface area contributed by atoms with Gasteiger partial charge in [-0.2, -0.15) is 5.10 Å². The van der Waals surface area contributed by atoms with E-state index in [1.54, 1.807) is 31.3 Å². The number of nitrogens with zero attached hydrogens (tertiary/aromatic N) is 5. The molecule has 3 heterocycles. The van der Waals surface area contributed by atoms with Crippen molar-refractivity contribution in [3.05, 3.63) is 42.0 Å². The number of ether oxygens (including phenoxy) is 2. The summed E-state index contributed by atoms with van der Waals surface area (Å²) < 4.78 is 26.9. The fourth-order valence-corrected chi connectivity index (χ4v) is 4.19. The maximum Gasteiger partial charge on any atom is 0.237 e. The van der Waals surface area contributed by atoms with E-state index in [0.717, 1.165) is 30.6 Å². The Labute approximate surface area is 187 Å². The molecule has 2 aliphatic heterocycles. The van der Waals surface area contributed by atoms with Gasteiger partial charge < -0.3 is 14.4 Å². The molecule has 1 aromatic heterocycles. The first-order valence-electron chi connectivity index (χ1n) is 11.0. The van der Waals surface area contributed by atoms with Crippen molar-refractivity contribution in [3.63, 3.8) is 0 Å². The smallest absolute Gasteiger partial charge is 0.237 e. The van der Waals surface area contributed by atoms with Crippen LogP contribution in [0.25, 0.3) is 17.0 Å². The summed E-state index contributed by atoms with van der Waals surface area (Å²) in [5, 5.41) is 4.32. The lowest BCUT2D eigenvalue weighted by atomic mass is 9.98. The van der Waals surface area contributed by atoms with Crippen LogP contribution in [0.2, 0.25) is 0 Å². The normalized spacial score (nSPS) is 19.4. The zero-order chi connectivity index (χ0) is 22.5. The number of methoxy groups -OCH3 is 2. The van der Waals surface area contributed by atoms with Crippen molar-refractivity contribution in [2.45, 2.75) is 25.5 Å². The number of rotatable bonds is 8. The highest BCUT2D eigenvalue weighted by Crippen LogP contribution is 2.27. The number of aromatic nitrogens is 3. The van der Waals surface area contributed by atoms with Crippen LogP contribution in [0.1, 0.15) is 18.4 Å². The van der Waals surface area contributed by atoms with E-state index in [1.165, 1.54) is 6.07 Å². The van der Waals surface area contributed by atoms with Gasteiger partial charge in [0, 0.05) is 40.4 Å². The zero-order valence-corrected chi connectivity index (χ0v) is 18.7. The number of amides is 1. The Morgan fingerprint density at radius 3 is 2.84 bits per heavy atom. The van der Waals surface area contributed by atoms with Crippen LogP contribution in [0.15, 0.2) is 30.6 Å². The Morgan fingerprint density at radius 1 is 1.28 bits per heavy atom. The van der Waals surface area contributed by atoms with E-state index in [-0.39, 0.29) is 17.8 Å². The van der Waals surface area contributed by atoms with Crippen molar-refractivity contribution >= 4 is 11.5 Å². The molecule has 172 valence electrons. The van der Waals surface area contributed by atoms with E-state index in [4.69, 9.17) is 9.47 Å². The molecule has 0 bridgehead atoms. The third-order valence-corrected chi connectivity index (χ3v) is 6.12. The predicted molar refractivity (Wildman–Crippen MR) is 118 cm³/mol. The SMILES string of the molecule is COCCn1cnc(-c2ccc(C3=CCN(C(=O)CN4CC[C@H](OC)C4)CC3)cc2F)n1. The maximum atomic E-state index is 14.8.